The number of hydrazine groups is 1. The maximum atomic E-state index is 5.79. The quantitative estimate of drug-likeness (QED) is 0.593. The average Bonchev–Trinajstić information content (AvgIpc) is 2.62. The average molecular weight is 333 g/mol. The molecule has 0 spiro atoms. The summed E-state index contributed by atoms with van der Waals surface area (Å²) >= 11 is 3.61. The van der Waals surface area contributed by atoms with Crippen molar-refractivity contribution in [1.82, 2.24) is 15.2 Å². The number of aryl methyl sites for hydroxylation is 2. The molecule has 0 saturated carbocycles. The van der Waals surface area contributed by atoms with Crippen molar-refractivity contribution in [3.63, 3.8) is 0 Å². The smallest absolute Gasteiger partial charge is 0.0795 e. The van der Waals surface area contributed by atoms with E-state index in [0.29, 0.717) is 6.61 Å². The minimum Gasteiger partial charge on any atom is -0.374 e. The number of nitrogens with zero attached hydrogens (tertiary/aromatic N) is 2. The van der Waals surface area contributed by atoms with E-state index in [4.69, 9.17) is 10.6 Å². The minimum atomic E-state index is -0.334. The number of hydrogen-bond donors (Lipinski definition) is 2. The number of halogens is 1. The van der Waals surface area contributed by atoms with Gasteiger partial charge in [-0.05, 0) is 50.5 Å². The molecule has 0 bridgehead atoms. The summed E-state index contributed by atoms with van der Waals surface area (Å²) in [5.41, 5.74) is 4.69. The first-order valence-electron chi connectivity index (χ1n) is 6.69. The van der Waals surface area contributed by atoms with E-state index in [1.165, 1.54) is 0 Å². The molecule has 19 heavy (non-hydrogen) atoms. The molecule has 6 heteroatoms. The lowest BCUT2D eigenvalue weighted by atomic mass is 9.94. The number of hydrogen-bond acceptors (Lipinski definition) is 4. The molecular weight excluding hydrogens is 308 g/mol. The van der Waals surface area contributed by atoms with Crippen molar-refractivity contribution >= 4 is 15.9 Å². The van der Waals surface area contributed by atoms with Gasteiger partial charge in [0.15, 0.2) is 0 Å². The maximum Gasteiger partial charge on any atom is 0.0795 e. The Morgan fingerprint density at radius 2 is 2.11 bits per heavy atom. The molecule has 0 aliphatic rings. The Morgan fingerprint density at radius 3 is 2.58 bits per heavy atom. The van der Waals surface area contributed by atoms with Gasteiger partial charge >= 0.3 is 0 Å². The van der Waals surface area contributed by atoms with Gasteiger partial charge in [-0.1, -0.05) is 0 Å². The molecule has 0 fully saturated rings. The van der Waals surface area contributed by atoms with Gasteiger partial charge in [-0.3, -0.25) is 16.0 Å². The topological polar surface area (TPSA) is 65.1 Å². The second kappa shape index (κ2) is 6.83. The minimum absolute atomic E-state index is 0.0187. The number of ether oxygens (including phenoxy) is 1. The van der Waals surface area contributed by atoms with Gasteiger partial charge in [-0.2, -0.15) is 5.10 Å². The van der Waals surface area contributed by atoms with Gasteiger partial charge in [0.05, 0.1) is 27.5 Å². The summed E-state index contributed by atoms with van der Waals surface area (Å²) in [7, 11) is 0. The van der Waals surface area contributed by atoms with Crippen LogP contribution < -0.4 is 11.3 Å². The van der Waals surface area contributed by atoms with Crippen LogP contribution in [0.2, 0.25) is 0 Å². The third kappa shape index (κ3) is 3.78. The first-order chi connectivity index (χ1) is 8.87. The highest BCUT2D eigenvalue weighted by Crippen LogP contribution is 2.25. The summed E-state index contributed by atoms with van der Waals surface area (Å²) in [6.07, 6.45) is 0.763. The summed E-state index contributed by atoms with van der Waals surface area (Å²) in [5, 5.41) is 4.50. The van der Waals surface area contributed by atoms with E-state index < -0.39 is 0 Å². The van der Waals surface area contributed by atoms with Crippen LogP contribution >= 0.6 is 15.9 Å². The monoisotopic (exact) mass is 332 g/mol. The van der Waals surface area contributed by atoms with Gasteiger partial charge in [-0.15, -0.1) is 0 Å². The summed E-state index contributed by atoms with van der Waals surface area (Å²) in [4.78, 5) is 0. The van der Waals surface area contributed by atoms with Crippen molar-refractivity contribution in [2.75, 3.05) is 6.61 Å². The highest BCUT2D eigenvalue weighted by atomic mass is 79.9. The van der Waals surface area contributed by atoms with Crippen molar-refractivity contribution in [2.24, 2.45) is 5.84 Å². The predicted molar refractivity (Wildman–Crippen MR) is 80.9 cm³/mol. The fraction of sp³-hybridized carbons (Fsp3) is 0.769. The largest absolute Gasteiger partial charge is 0.374 e. The fourth-order valence-corrected chi connectivity index (χ4v) is 2.68. The van der Waals surface area contributed by atoms with Crippen molar-refractivity contribution in [3.8, 4) is 0 Å². The van der Waals surface area contributed by atoms with E-state index in [9.17, 15) is 0 Å². The van der Waals surface area contributed by atoms with Gasteiger partial charge in [-0.25, -0.2) is 0 Å². The van der Waals surface area contributed by atoms with Crippen LogP contribution in [0.1, 0.15) is 39.1 Å². The summed E-state index contributed by atoms with van der Waals surface area (Å²) in [5.74, 6) is 5.71. The van der Waals surface area contributed by atoms with Crippen LogP contribution in [0.3, 0.4) is 0 Å². The highest BCUT2D eigenvalue weighted by Gasteiger charge is 2.31. The summed E-state index contributed by atoms with van der Waals surface area (Å²) in [6, 6.07) is 0.0187. The molecule has 5 nitrogen and oxygen atoms in total. The predicted octanol–water partition coefficient (Wildman–Crippen LogP) is 2.16. The van der Waals surface area contributed by atoms with E-state index in [-0.39, 0.29) is 11.6 Å². The Hall–Kier alpha value is -0.430. The molecule has 0 aromatic carbocycles. The number of nitrogens with one attached hydrogen (secondary N) is 1. The highest BCUT2D eigenvalue weighted by molar-refractivity contribution is 9.10. The van der Waals surface area contributed by atoms with E-state index in [2.05, 4.69) is 47.2 Å². The van der Waals surface area contributed by atoms with Crippen molar-refractivity contribution in [1.29, 1.82) is 0 Å². The molecule has 0 saturated heterocycles. The zero-order valence-electron chi connectivity index (χ0n) is 12.5. The van der Waals surface area contributed by atoms with Crippen LogP contribution in [0.4, 0.5) is 0 Å². The SMILES string of the molecule is CCOC(C)(C)C(Cc1c(Br)c(C)nn1CC)NN. The standard InChI is InChI=1S/C13H25BrN4O/c1-6-18-10(12(14)9(3)17-18)8-11(16-15)13(4,5)19-7-2/h11,16H,6-8,15H2,1-5H3. The Kier molecular flexibility index (Phi) is 5.98. The molecule has 1 aromatic heterocycles. The third-order valence-electron chi connectivity index (χ3n) is 3.41. The lowest BCUT2D eigenvalue weighted by Gasteiger charge is -2.33. The number of nitrogens with two attached hydrogens (primary N) is 1. The van der Waals surface area contributed by atoms with Crippen LogP contribution in [0.15, 0.2) is 4.47 Å². The van der Waals surface area contributed by atoms with Gasteiger partial charge < -0.3 is 4.74 Å². The normalized spacial score (nSPS) is 13.8. The lowest BCUT2D eigenvalue weighted by Crippen LogP contribution is -2.53. The molecule has 110 valence electrons. The van der Waals surface area contributed by atoms with Crippen LogP contribution in [-0.4, -0.2) is 28.0 Å². The van der Waals surface area contributed by atoms with E-state index in [1.54, 1.807) is 0 Å². The molecule has 0 amide bonds. The van der Waals surface area contributed by atoms with Gasteiger partial charge in [0.2, 0.25) is 0 Å². The van der Waals surface area contributed by atoms with E-state index in [0.717, 1.165) is 28.8 Å². The third-order valence-corrected chi connectivity index (χ3v) is 4.44. The van der Waals surface area contributed by atoms with Crippen LogP contribution in [0, 0.1) is 6.92 Å². The Bertz CT molecular complexity index is 417. The van der Waals surface area contributed by atoms with Crippen molar-refractivity contribution in [3.05, 3.63) is 15.9 Å². The first kappa shape index (κ1) is 16.6. The molecule has 1 rings (SSSR count). The molecule has 1 unspecified atom stereocenters. The Balaban J connectivity index is 2.99. The van der Waals surface area contributed by atoms with Crippen molar-refractivity contribution in [2.45, 2.75) is 59.2 Å². The maximum absolute atomic E-state index is 5.79. The second-order valence-corrected chi connectivity index (χ2v) is 5.91. The molecule has 1 aromatic rings. The van der Waals surface area contributed by atoms with Crippen LogP contribution in [-0.2, 0) is 17.7 Å². The Morgan fingerprint density at radius 1 is 1.47 bits per heavy atom. The van der Waals surface area contributed by atoms with Crippen LogP contribution in [0.25, 0.3) is 0 Å². The molecule has 0 aliphatic heterocycles. The first-order valence-corrected chi connectivity index (χ1v) is 7.48. The second-order valence-electron chi connectivity index (χ2n) is 5.12. The van der Waals surface area contributed by atoms with Gasteiger partial charge in [0, 0.05) is 19.6 Å². The van der Waals surface area contributed by atoms with Crippen LogP contribution in [0.5, 0.6) is 0 Å². The summed E-state index contributed by atoms with van der Waals surface area (Å²) < 4.78 is 8.85. The zero-order valence-corrected chi connectivity index (χ0v) is 14.0. The molecule has 0 aliphatic carbocycles. The number of aromatic nitrogens is 2. The molecule has 0 radical (unpaired) electrons. The van der Waals surface area contributed by atoms with Gasteiger partial charge in [0.1, 0.15) is 0 Å². The zero-order chi connectivity index (χ0) is 14.6. The molecule has 3 N–H and O–H groups in total. The number of rotatable bonds is 7. The van der Waals surface area contributed by atoms with E-state index in [1.807, 2.05) is 18.5 Å². The fourth-order valence-electron chi connectivity index (χ4n) is 2.24. The van der Waals surface area contributed by atoms with Crippen molar-refractivity contribution < 1.29 is 4.74 Å². The molecule has 1 heterocycles. The Labute approximate surface area is 124 Å². The van der Waals surface area contributed by atoms with E-state index >= 15 is 0 Å². The lowest BCUT2D eigenvalue weighted by molar-refractivity contribution is -0.0385. The van der Waals surface area contributed by atoms with Gasteiger partial charge in [0.25, 0.3) is 0 Å². The molecular formula is C13H25BrN4O. The molecule has 1 atom stereocenters. The summed E-state index contributed by atoms with van der Waals surface area (Å²) in [6.45, 7) is 11.7.